The van der Waals surface area contributed by atoms with Crippen molar-refractivity contribution < 1.29 is 17.9 Å². The van der Waals surface area contributed by atoms with E-state index in [-0.39, 0.29) is 10.8 Å². The zero-order chi connectivity index (χ0) is 22.6. The fraction of sp³-hybridized carbons (Fsp3) is 0.190. The Labute approximate surface area is 185 Å². The van der Waals surface area contributed by atoms with E-state index in [1.165, 1.54) is 24.3 Å². The van der Waals surface area contributed by atoms with Gasteiger partial charge in [-0.05, 0) is 63.2 Å². The fourth-order valence-electron chi connectivity index (χ4n) is 2.70. The Balaban J connectivity index is 1.66. The highest BCUT2D eigenvalue weighted by atomic mass is 35.5. The van der Waals surface area contributed by atoms with E-state index in [2.05, 4.69) is 20.0 Å². The molecular formula is C21H21ClN4O4S. The van der Waals surface area contributed by atoms with Gasteiger partial charge in [0, 0.05) is 17.1 Å². The number of anilines is 2. The number of benzene rings is 2. The van der Waals surface area contributed by atoms with Gasteiger partial charge in [-0.25, -0.2) is 23.1 Å². The number of carbonyl (C=O) groups excluding carboxylic acids is 1. The molecule has 0 saturated heterocycles. The Morgan fingerprint density at radius 3 is 2.26 bits per heavy atom. The maximum absolute atomic E-state index is 12.6. The average molecular weight is 461 g/mol. The summed E-state index contributed by atoms with van der Waals surface area (Å²) in [5, 5.41) is 3.08. The van der Waals surface area contributed by atoms with E-state index in [0.29, 0.717) is 27.8 Å². The highest BCUT2D eigenvalue weighted by Gasteiger charge is 2.18. The van der Waals surface area contributed by atoms with E-state index in [1.807, 2.05) is 0 Å². The number of hydrogen-bond acceptors (Lipinski definition) is 6. The van der Waals surface area contributed by atoms with Crippen LogP contribution in [0.4, 0.5) is 11.6 Å². The molecule has 0 bridgehead atoms. The van der Waals surface area contributed by atoms with Crippen molar-refractivity contribution >= 4 is 39.2 Å². The summed E-state index contributed by atoms with van der Waals surface area (Å²) >= 11 is 6.04. The lowest BCUT2D eigenvalue weighted by Crippen LogP contribution is -2.30. The highest BCUT2D eigenvalue weighted by molar-refractivity contribution is 7.92. The van der Waals surface area contributed by atoms with Crippen LogP contribution in [-0.4, -0.2) is 30.4 Å². The van der Waals surface area contributed by atoms with Crippen LogP contribution >= 0.6 is 11.6 Å². The molecule has 10 heteroatoms. The van der Waals surface area contributed by atoms with Crippen molar-refractivity contribution in [3.8, 4) is 5.75 Å². The lowest BCUT2D eigenvalue weighted by molar-refractivity contribution is -0.122. The summed E-state index contributed by atoms with van der Waals surface area (Å²) in [5.74, 6) is -0.00866. The van der Waals surface area contributed by atoms with Gasteiger partial charge in [0.1, 0.15) is 5.75 Å². The number of aromatic nitrogens is 2. The van der Waals surface area contributed by atoms with Gasteiger partial charge in [-0.15, -0.1) is 0 Å². The normalized spacial score (nSPS) is 12.1. The Bertz CT molecular complexity index is 1180. The van der Waals surface area contributed by atoms with Gasteiger partial charge in [0.05, 0.1) is 9.92 Å². The molecule has 0 aliphatic rings. The molecule has 0 fully saturated rings. The predicted molar refractivity (Wildman–Crippen MR) is 119 cm³/mol. The molecule has 1 heterocycles. The zero-order valence-corrected chi connectivity index (χ0v) is 18.7. The lowest BCUT2D eigenvalue weighted by Gasteiger charge is -2.15. The Morgan fingerprint density at radius 1 is 1.03 bits per heavy atom. The van der Waals surface area contributed by atoms with E-state index in [9.17, 15) is 13.2 Å². The fourth-order valence-corrected chi connectivity index (χ4v) is 3.82. The summed E-state index contributed by atoms with van der Waals surface area (Å²) in [6.45, 7) is 5.09. The number of hydrogen-bond donors (Lipinski definition) is 2. The molecule has 8 nitrogen and oxygen atoms in total. The second-order valence-corrected chi connectivity index (χ2v) is 8.87. The third-order valence-electron chi connectivity index (χ3n) is 4.15. The molecule has 0 radical (unpaired) electrons. The van der Waals surface area contributed by atoms with Gasteiger partial charge >= 0.3 is 0 Å². The third kappa shape index (κ3) is 5.93. The molecule has 1 atom stereocenters. The van der Waals surface area contributed by atoms with Crippen LogP contribution < -0.4 is 14.8 Å². The van der Waals surface area contributed by atoms with Crippen LogP contribution in [0, 0.1) is 13.8 Å². The van der Waals surface area contributed by atoms with Crippen molar-refractivity contribution in [3.05, 3.63) is 71.0 Å². The molecule has 162 valence electrons. The molecule has 0 saturated carbocycles. The minimum absolute atomic E-state index is 0.000394. The Kier molecular flexibility index (Phi) is 6.77. The first kappa shape index (κ1) is 22.5. The molecule has 0 aliphatic carbocycles. The quantitative estimate of drug-likeness (QED) is 0.552. The highest BCUT2D eigenvalue weighted by Crippen LogP contribution is 2.24. The Morgan fingerprint density at radius 2 is 1.65 bits per heavy atom. The first-order valence-corrected chi connectivity index (χ1v) is 11.2. The van der Waals surface area contributed by atoms with Crippen LogP contribution in [0.25, 0.3) is 0 Å². The van der Waals surface area contributed by atoms with Crippen LogP contribution in [0.3, 0.4) is 0 Å². The van der Waals surface area contributed by atoms with Crippen LogP contribution in [0.1, 0.15) is 18.3 Å². The monoisotopic (exact) mass is 460 g/mol. The second kappa shape index (κ2) is 9.32. The summed E-state index contributed by atoms with van der Waals surface area (Å²) in [6, 6.07) is 14.3. The summed E-state index contributed by atoms with van der Waals surface area (Å²) in [4.78, 5) is 20.6. The molecule has 0 spiro atoms. The van der Waals surface area contributed by atoms with Gasteiger partial charge in [-0.3, -0.25) is 4.79 Å². The molecule has 1 aromatic heterocycles. The summed E-state index contributed by atoms with van der Waals surface area (Å²) in [7, 11) is -3.88. The van der Waals surface area contributed by atoms with Gasteiger partial charge in [-0.1, -0.05) is 23.7 Å². The number of amides is 1. The number of rotatable bonds is 7. The number of nitrogens with zero attached hydrogens (tertiary/aromatic N) is 2. The summed E-state index contributed by atoms with van der Waals surface area (Å²) in [6.07, 6.45) is -0.813. The summed E-state index contributed by atoms with van der Waals surface area (Å²) in [5.41, 5.74) is 1.72. The van der Waals surface area contributed by atoms with E-state index in [4.69, 9.17) is 16.3 Å². The second-order valence-electron chi connectivity index (χ2n) is 6.78. The number of para-hydroxylation sites is 1. The lowest BCUT2D eigenvalue weighted by atomic mass is 10.3. The molecule has 2 aromatic carbocycles. The molecule has 1 unspecified atom stereocenters. The predicted octanol–water partition coefficient (Wildman–Crippen LogP) is 3.95. The minimum atomic E-state index is -3.88. The van der Waals surface area contributed by atoms with E-state index in [0.717, 1.165) is 0 Å². The van der Waals surface area contributed by atoms with Crippen LogP contribution in [0.2, 0.25) is 5.02 Å². The zero-order valence-electron chi connectivity index (χ0n) is 17.1. The van der Waals surface area contributed by atoms with Gasteiger partial charge in [-0.2, -0.15) is 0 Å². The van der Waals surface area contributed by atoms with E-state index in [1.54, 1.807) is 51.1 Å². The molecule has 2 N–H and O–H groups in total. The van der Waals surface area contributed by atoms with Gasteiger partial charge in [0.25, 0.3) is 15.9 Å². The van der Waals surface area contributed by atoms with Gasteiger partial charge in [0.2, 0.25) is 5.95 Å². The maximum atomic E-state index is 12.6. The molecule has 1 amide bonds. The van der Waals surface area contributed by atoms with Crippen molar-refractivity contribution in [2.24, 2.45) is 0 Å². The molecule has 3 aromatic rings. The first-order chi connectivity index (χ1) is 14.6. The molecule has 31 heavy (non-hydrogen) atoms. The maximum Gasteiger partial charge on any atom is 0.265 e. The molecular weight excluding hydrogens is 440 g/mol. The minimum Gasteiger partial charge on any atom is -0.479 e. The largest absolute Gasteiger partial charge is 0.479 e. The molecule has 3 rings (SSSR count). The van der Waals surface area contributed by atoms with Crippen molar-refractivity contribution in [1.29, 1.82) is 0 Å². The number of sulfonamides is 1. The SMILES string of the molecule is Cc1cc(C)nc(NS(=O)(=O)c2ccc(NC(=O)C(C)Oc3ccccc3Cl)cc2)n1. The van der Waals surface area contributed by atoms with Crippen molar-refractivity contribution in [3.63, 3.8) is 0 Å². The van der Waals surface area contributed by atoms with Crippen molar-refractivity contribution in [1.82, 2.24) is 9.97 Å². The number of aryl methyl sites for hydroxylation is 2. The van der Waals surface area contributed by atoms with Crippen LogP contribution in [0.5, 0.6) is 5.75 Å². The Hall–Kier alpha value is -3.17. The average Bonchev–Trinajstić information content (AvgIpc) is 2.69. The summed E-state index contributed by atoms with van der Waals surface area (Å²) < 4.78 is 33.1. The number of ether oxygens (including phenoxy) is 1. The van der Waals surface area contributed by atoms with E-state index >= 15 is 0 Å². The van der Waals surface area contributed by atoms with E-state index < -0.39 is 22.0 Å². The third-order valence-corrected chi connectivity index (χ3v) is 5.81. The van der Waals surface area contributed by atoms with Crippen LogP contribution in [0.15, 0.2) is 59.5 Å². The smallest absolute Gasteiger partial charge is 0.265 e. The standard InChI is InChI=1S/C21H21ClN4O4S/c1-13-12-14(2)24-21(23-13)26-31(28,29)17-10-8-16(9-11-17)25-20(27)15(3)30-19-7-5-4-6-18(19)22/h4-12,15H,1-3H3,(H,25,27)(H,23,24,26). The van der Waals surface area contributed by atoms with Crippen LogP contribution in [-0.2, 0) is 14.8 Å². The van der Waals surface area contributed by atoms with Gasteiger partial charge < -0.3 is 10.1 Å². The number of carbonyl (C=O) groups is 1. The van der Waals surface area contributed by atoms with Crippen molar-refractivity contribution in [2.45, 2.75) is 31.8 Å². The molecule has 0 aliphatic heterocycles. The number of nitrogens with one attached hydrogen (secondary N) is 2. The topological polar surface area (TPSA) is 110 Å². The van der Waals surface area contributed by atoms with Crippen molar-refractivity contribution in [2.75, 3.05) is 10.0 Å². The number of halogens is 1. The first-order valence-electron chi connectivity index (χ1n) is 9.31. The van der Waals surface area contributed by atoms with Gasteiger partial charge in [0.15, 0.2) is 6.10 Å².